The maximum absolute atomic E-state index is 12.6. The molecule has 1 N–H and O–H groups in total. The molecule has 116 valence electrons. The summed E-state index contributed by atoms with van der Waals surface area (Å²) in [5.74, 6) is -1.23. The van der Waals surface area contributed by atoms with Crippen LogP contribution in [0.4, 0.5) is 0 Å². The number of morpholine rings is 1. The van der Waals surface area contributed by atoms with E-state index in [1.54, 1.807) is 0 Å². The number of carboxylic acids is 1. The zero-order valence-corrected chi connectivity index (χ0v) is 13.5. The van der Waals surface area contributed by atoms with Crippen molar-refractivity contribution in [1.82, 2.24) is 4.31 Å². The Hall–Kier alpha value is -0.570. The van der Waals surface area contributed by atoms with Gasteiger partial charge < -0.3 is 9.84 Å². The molecule has 1 aromatic rings. The van der Waals surface area contributed by atoms with Crippen molar-refractivity contribution >= 4 is 50.8 Å². The van der Waals surface area contributed by atoms with Crippen LogP contribution in [0.15, 0.2) is 17.0 Å². The average Bonchev–Trinajstić information content (AvgIpc) is 2.37. The van der Waals surface area contributed by atoms with Gasteiger partial charge in [-0.1, -0.05) is 34.8 Å². The third-order valence-corrected chi connectivity index (χ3v) is 5.87. The van der Waals surface area contributed by atoms with E-state index in [2.05, 4.69) is 0 Å². The van der Waals surface area contributed by atoms with Crippen LogP contribution < -0.4 is 0 Å². The Kier molecular flexibility index (Phi) is 5.02. The van der Waals surface area contributed by atoms with E-state index in [9.17, 15) is 13.2 Å². The molecule has 1 unspecified atom stereocenters. The average molecular weight is 375 g/mol. The van der Waals surface area contributed by atoms with E-state index in [4.69, 9.17) is 44.6 Å². The Morgan fingerprint density at radius 3 is 2.38 bits per heavy atom. The molecule has 1 aliphatic heterocycles. The lowest BCUT2D eigenvalue weighted by Crippen LogP contribution is -2.48. The standard InChI is InChI=1S/C11H10Cl3NO5S/c12-6-3-7(13)10(8(14)4-6)21(18,19)15-1-2-20-9(5-15)11(16)17/h3-4,9H,1-2,5H2,(H,16,17). The van der Waals surface area contributed by atoms with E-state index >= 15 is 0 Å². The minimum atomic E-state index is -4.04. The maximum atomic E-state index is 12.6. The van der Waals surface area contributed by atoms with E-state index < -0.39 is 22.1 Å². The molecule has 1 aromatic carbocycles. The number of carbonyl (C=O) groups is 1. The quantitative estimate of drug-likeness (QED) is 0.876. The van der Waals surface area contributed by atoms with Crippen molar-refractivity contribution in [3.63, 3.8) is 0 Å². The number of carboxylic acid groups (broad SMARTS) is 1. The highest BCUT2D eigenvalue weighted by Crippen LogP contribution is 2.35. The number of ether oxygens (including phenoxy) is 1. The lowest BCUT2D eigenvalue weighted by Gasteiger charge is -2.30. The van der Waals surface area contributed by atoms with Gasteiger partial charge in [0, 0.05) is 11.6 Å². The molecule has 0 spiro atoms. The monoisotopic (exact) mass is 373 g/mol. The summed E-state index contributed by atoms with van der Waals surface area (Å²) in [5, 5.41) is 8.89. The van der Waals surface area contributed by atoms with E-state index in [0.717, 1.165) is 4.31 Å². The van der Waals surface area contributed by atoms with Gasteiger partial charge >= 0.3 is 5.97 Å². The Balaban J connectivity index is 2.41. The molecule has 6 nitrogen and oxygen atoms in total. The van der Waals surface area contributed by atoms with Crippen LogP contribution in [-0.2, 0) is 19.6 Å². The lowest BCUT2D eigenvalue weighted by atomic mass is 10.3. The first kappa shape index (κ1) is 16.8. The minimum absolute atomic E-state index is 0.0153. The van der Waals surface area contributed by atoms with Crippen molar-refractivity contribution in [2.24, 2.45) is 0 Å². The van der Waals surface area contributed by atoms with Crippen LogP contribution >= 0.6 is 34.8 Å². The molecule has 0 saturated carbocycles. The molecule has 0 aromatic heterocycles. The number of sulfonamides is 1. The van der Waals surface area contributed by atoms with Crippen molar-refractivity contribution in [3.8, 4) is 0 Å². The first-order valence-corrected chi connectivity index (χ1v) is 8.30. The van der Waals surface area contributed by atoms with Gasteiger partial charge in [0.2, 0.25) is 10.0 Å². The summed E-state index contributed by atoms with van der Waals surface area (Å²) in [7, 11) is -4.04. The molecule has 1 saturated heterocycles. The molecular formula is C11H10Cl3NO5S. The van der Waals surface area contributed by atoms with E-state index in [0.29, 0.717) is 0 Å². The largest absolute Gasteiger partial charge is 0.479 e. The Morgan fingerprint density at radius 2 is 1.86 bits per heavy atom. The number of benzene rings is 1. The molecule has 0 bridgehead atoms. The van der Waals surface area contributed by atoms with Crippen molar-refractivity contribution < 1.29 is 23.1 Å². The highest BCUT2D eigenvalue weighted by molar-refractivity contribution is 7.89. The molecular weight excluding hydrogens is 365 g/mol. The number of hydrogen-bond donors (Lipinski definition) is 1. The van der Waals surface area contributed by atoms with Crippen molar-refractivity contribution in [3.05, 3.63) is 27.2 Å². The second-order valence-electron chi connectivity index (χ2n) is 4.26. The number of rotatable bonds is 3. The van der Waals surface area contributed by atoms with Crippen LogP contribution in [0.25, 0.3) is 0 Å². The number of nitrogens with zero attached hydrogens (tertiary/aromatic N) is 1. The molecule has 21 heavy (non-hydrogen) atoms. The molecule has 1 heterocycles. The van der Waals surface area contributed by atoms with Gasteiger partial charge in [0.15, 0.2) is 6.10 Å². The highest BCUT2D eigenvalue weighted by Gasteiger charge is 2.36. The molecule has 10 heteroatoms. The molecule has 2 rings (SSSR count). The second-order valence-corrected chi connectivity index (χ2v) is 7.38. The van der Waals surface area contributed by atoms with Crippen molar-refractivity contribution in [2.75, 3.05) is 19.7 Å². The molecule has 1 fully saturated rings. The Bertz CT molecular complexity index is 655. The molecule has 1 atom stereocenters. The normalized spacial score (nSPS) is 20.4. The molecule has 0 amide bonds. The maximum Gasteiger partial charge on any atom is 0.334 e. The van der Waals surface area contributed by atoms with Gasteiger partial charge in [-0.15, -0.1) is 0 Å². The van der Waals surface area contributed by atoms with Crippen LogP contribution in [0.3, 0.4) is 0 Å². The third kappa shape index (κ3) is 3.44. The minimum Gasteiger partial charge on any atom is -0.479 e. The van der Waals surface area contributed by atoms with Gasteiger partial charge in [0.1, 0.15) is 4.90 Å². The SMILES string of the molecule is O=C(O)C1CN(S(=O)(=O)c2c(Cl)cc(Cl)cc2Cl)CCO1. The highest BCUT2D eigenvalue weighted by atomic mass is 35.5. The molecule has 1 aliphatic rings. The Morgan fingerprint density at radius 1 is 1.29 bits per heavy atom. The summed E-state index contributed by atoms with van der Waals surface area (Å²) in [5.41, 5.74) is 0. The van der Waals surface area contributed by atoms with Gasteiger partial charge in [-0.05, 0) is 12.1 Å². The smallest absolute Gasteiger partial charge is 0.334 e. The summed E-state index contributed by atoms with van der Waals surface area (Å²) >= 11 is 17.6. The van der Waals surface area contributed by atoms with Crippen LogP contribution in [0.1, 0.15) is 0 Å². The Labute approximate surface area is 136 Å². The van der Waals surface area contributed by atoms with Gasteiger partial charge in [-0.2, -0.15) is 4.31 Å². The van der Waals surface area contributed by atoms with E-state index in [1.807, 2.05) is 0 Å². The summed E-state index contributed by atoms with van der Waals surface area (Å²) in [6.07, 6.45) is -1.22. The van der Waals surface area contributed by atoms with Gasteiger partial charge in [0.25, 0.3) is 0 Å². The number of halogens is 3. The summed E-state index contributed by atoms with van der Waals surface area (Å²) in [6, 6.07) is 2.52. The van der Waals surface area contributed by atoms with E-state index in [1.165, 1.54) is 12.1 Å². The second kappa shape index (κ2) is 6.28. The lowest BCUT2D eigenvalue weighted by molar-refractivity contribution is -0.153. The topological polar surface area (TPSA) is 83.9 Å². The fraction of sp³-hybridized carbons (Fsp3) is 0.364. The number of aliphatic carboxylic acids is 1. The number of hydrogen-bond acceptors (Lipinski definition) is 4. The first-order valence-electron chi connectivity index (χ1n) is 5.72. The van der Waals surface area contributed by atoms with Crippen LogP contribution in [0.5, 0.6) is 0 Å². The summed E-state index contributed by atoms with van der Waals surface area (Å²) in [4.78, 5) is 10.6. The molecule has 0 radical (unpaired) electrons. The fourth-order valence-electron chi connectivity index (χ4n) is 1.90. The first-order chi connectivity index (χ1) is 9.73. The van der Waals surface area contributed by atoms with Crippen LogP contribution in [0.2, 0.25) is 15.1 Å². The van der Waals surface area contributed by atoms with Crippen LogP contribution in [-0.4, -0.2) is 49.6 Å². The zero-order chi connectivity index (χ0) is 15.8. The van der Waals surface area contributed by atoms with Crippen molar-refractivity contribution in [1.29, 1.82) is 0 Å². The fourth-order valence-corrected chi connectivity index (χ4v) is 4.82. The van der Waals surface area contributed by atoms with E-state index in [-0.39, 0.29) is 39.7 Å². The van der Waals surface area contributed by atoms with Gasteiger partial charge in [-0.25, -0.2) is 13.2 Å². The summed E-state index contributed by atoms with van der Waals surface area (Å²) < 4.78 is 31.1. The predicted octanol–water partition coefficient (Wildman–Crippen LogP) is 2.12. The predicted molar refractivity (Wildman–Crippen MR) is 77.6 cm³/mol. The van der Waals surface area contributed by atoms with Gasteiger partial charge in [-0.3, -0.25) is 0 Å². The van der Waals surface area contributed by atoms with Crippen LogP contribution in [0, 0.1) is 0 Å². The molecule has 0 aliphatic carbocycles. The zero-order valence-electron chi connectivity index (χ0n) is 10.4. The van der Waals surface area contributed by atoms with Crippen molar-refractivity contribution in [2.45, 2.75) is 11.0 Å². The summed E-state index contributed by atoms with van der Waals surface area (Å²) in [6.45, 7) is -0.326. The van der Waals surface area contributed by atoms with Gasteiger partial charge in [0.05, 0.1) is 23.2 Å². The third-order valence-electron chi connectivity index (χ3n) is 2.87.